The summed E-state index contributed by atoms with van der Waals surface area (Å²) in [6.07, 6.45) is 0.995. The molecule has 0 heterocycles. The molecular weight excluding hydrogens is 465 g/mol. The third-order valence-corrected chi connectivity index (χ3v) is 4.54. The Balaban J connectivity index is 0.00000364. The number of nitrogens with one attached hydrogen (secondary N) is 2. The highest BCUT2D eigenvalue weighted by molar-refractivity contribution is 14.0. The Labute approximate surface area is 177 Å². The maximum absolute atomic E-state index is 13.9. The zero-order valence-electron chi connectivity index (χ0n) is 16.1. The van der Waals surface area contributed by atoms with E-state index in [1.165, 1.54) is 18.2 Å². The number of nitrogens with zero attached hydrogens (tertiary/aromatic N) is 2. The van der Waals surface area contributed by atoms with Crippen LogP contribution in [-0.4, -0.2) is 49.0 Å². The van der Waals surface area contributed by atoms with Crippen molar-refractivity contribution in [2.75, 3.05) is 26.2 Å². The quantitative estimate of drug-likeness (QED) is 0.332. The predicted octanol–water partition coefficient (Wildman–Crippen LogP) is 3.25. The van der Waals surface area contributed by atoms with Gasteiger partial charge in [-0.15, -0.1) is 24.0 Å². The molecule has 1 aliphatic carbocycles. The molecule has 0 bridgehead atoms. The third-order valence-electron chi connectivity index (χ3n) is 4.54. The Bertz CT molecular complexity index is 632. The van der Waals surface area contributed by atoms with Crippen LogP contribution in [0.4, 0.5) is 8.78 Å². The van der Waals surface area contributed by atoms with Crippen LogP contribution in [0.1, 0.15) is 45.1 Å². The molecular formula is C19H29F2IN4O. The van der Waals surface area contributed by atoms with E-state index in [1.807, 2.05) is 20.8 Å². The minimum absolute atomic E-state index is 0. The van der Waals surface area contributed by atoms with E-state index in [2.05, 4.69) is 15.6 Å². The van der Waals surface area contributed by atoms with Crippen LogP contribution in [0.2, 0.25) is 0 Å². The van der Waals surface area contributed by atoms with E-state index < -0.39 is 11.6 Å². The van der Waals surface area contributed by atoms with Crippen LogP contribution in [0.25, 0.3) is 0 Å². The Morgan fingerprint density at radius 1 is 1.22 bits per heavy atom. The van der Waals surface area contributed by atoms with E-state index >= 15 is 0 Å². The number of amides is 1. The molecule has 2 N–H and O–H groups in total. The van der Waals surface area contributed by atoms with Gasteiger partial charge in [0.1, 0.15) is 11.6 Å². The monoisotopic (exact) mass is 494 g/mol. The SMILES string of the molecule is CCNC(=NCCC(=O)N(CC)CC)NC1CC1c1c(F)cccc1F.I. The highest BCUT2D eigenvalue weighted by Crippen LogP contribution is 2.43. The number of guanidine groups is 1. The van der Waals surface area contributed by atoms with E-state index in [0.29, 0.717) is 45.0 Å². The molecule has 2 unspecified atom stereocenters. The molecule has 1 aromatic rings. The highest BCUT2D eigenvalue weighted by Gasteiger charge is 2.42. The van der Waals surface area contributed by atoms with Crippen LogP contribution in [-0.2, 0) is 4.79 Å². The number of benzene rings is 1. The summed E-state index contributed by atoms with van der Waals surface area (Å²) in [5.74, 6) is -0.564. The molecule has 8 heteroatoms. The first-order chi connectivity index (χ1) is 12.5. The minimum atomic E-state index is -0.508. The standard InChI is InChI=1S/C19H28F2N4O.HI/c1-4-22-19(23-11-10-17(26)25(5-2)6-3)24-16-12-13(16)18-14(20)8-7-9-15(18)21;/h7-9,13,16H,4-6,10-12H2,1-3H3,(H2,22,23,24);1H. The van der Waals surface area contributed by atoms with E-state index in [-0.39, 0.29) is 47.4 Å². The zero-order valence-corrected chi connectivity index (χ0v) is 18.4. The van der Waals surface area contributed by atoms with Gasteiger partial charge < -0.3 is 15.5 Å². The first-order valence-electron chi connectivity index (χ1n) is 9.28. The van der Waals surface area contributed by atoms with Gasteiger partial charge in [0.2, 0.25) is 5.91 Å². The summed E-state index contributed by atoms with van der Waals surface area (Å²) in [5.41, 5.74) is 0.137. The van der Waals surface area contributed by atoms with E-state index in [9.17, 15) is 13.6 Å². The molecule has 2 rings (SSSR count). The normalized spacial score (nSPS) is 18.5. The summed E-state index contributed by atoms with van der Waals surface area (Å²) in [6, 6.07) is 3.88. The van der Waals surface area contributed by atoms with Crippen molar-refractivity contribution >= 4 is 35.8 Å². The van der Waals surface area contributed by atoms with Crippen molar-refractivity contribution in [2.45, 2.75) is 45.6 Å². The average Bonchev–Trinajstić information content (AvgIpc) is 3.34. The van der Waals surface area contributed by atoms with Crippen molar-refractivity contribution in [2.24, 2.45) is 4.99 Å². The van der Waals surface area contributed by atoms with Gasteiger partial charge in [-0.25, -0.2) is 8.78 Å². The molecule has 0 saturated heterocycles. The Morgan fingerprint density at radius 2 is 1.85 bits per heavy atom. The number of aliphatic imine (C=N–C) groups is 1. The second-order valence-corrected chi connectivity index (χ2v) is 6.31. The lowest BCUT2D eigenvalue weighted by molar-refractivity contribution is -0.130. The van der Waals surface area contributed by atoms with Gasteiger partial charge in [0, 0.05) is 43.6 Å². The fourth-order valence-corrected chi connectivity index (χ4v) is 3.03. The summed E-state index contributed by atoms with van der Waals surface area (Å²) in [6.45, 7) is 8.26. The summed E-state index contributed by atoms with van der Waals surface area (Å²) in [5, 5.41) is 6.32. The smallest absolute Gasteiger partial charge is 0.224 e. The number of carbonyl (C=O) groups excluding carboxylic acids is 1. The van der Waals surface area contributed by atoms with Crippen molar-refractivity contribution in [1.82, 2.24) is 15.5 Å². The van der Waals surface area contributed by atoms with Crippen LogP contribution in [0.15, 0.2) is 23.2 Å². The van der Waals surface area contributed by atoms with Gasteiger partial charge in [-0.05, 0) is 39.3 Å². The summed E-state index contributed by atoms with van der Waals surface area (Å²) < 4.78 is 27.8. The summed E-state index contributed by atoms with van der Waals surface area (Å²) in [4.78, 5) is 18.2. The fourth-order valence-electron chi connectivity index (χ4n) is 3.03. The Hall–Kier alpha value is -1.45. The third kappa shape index (κ3) is 6.58. The first-order valence-corrected chi connectivity index (χ1v) is 9.28. The second-order valence-electron chi connectivity index (χ2n) is 6.31. The molecule has 27 heavy (non-hydrogen) atoms. The van der Waals surface area contributed by atoms with Gasteiger partial charge >= 0.3 is 0 Å². The number of carbonyl (C=O) groups is 1. The zero-order chi connectivity index (χ0) is 19.1. The van der Waals surface area contributed by atoms with Gasteiger partial charge in [0.05, 0.1) is 6.54 Å². The number of hydrogen-bond donors (Lipinski definition) is 2. The maximum Gasteiger partial charge on any atom is 0.224 e. The predicted molar refractivity (Wildman–Crippen MR) is 115 cm³/mol. The topological polar surface area (TPSA) is 56.7 Å². The molecule has 1 aliphatic rings. The van der Waals surface area contributed by atoms with E-state index in [4.69, 9.17) is 0 Å². The molecule has 0 spiro atoms. The van der Waals surface area contributed by atoms with Crippen LogP contribution in [0.5, 0.6) is 0 Å². The van der Waals surface area contributed by atoms with Crippen LogP contribution in [0.3, 0.4) is 0 Å². The van der Waals surface area contributed by atoms with Crippen LogP contribution in [0, 0.1) is 11.6 Å². The molecule has 1 aromatic carbocycles. The van der Waals surface area contributed by atoms with Crippen molar-refractivity contribution in [3.8, 4) is 0 Å². The van der Waals surface area contributed by atoms with Crippen LogP contribution >= 0.6 is 24.0 Å². The van der Waals surface area contributed by atoms with E-state index in [0.717, 1.165) is 0 Å². The molecule has 5 nitrogen and oxygen atoms in total. The average molecular weight is 494 g/mol. The molecule has 2 atom stereocenters. The van der Waals surface area contributed by atoms with Crippen molar-refractivity contribution in [3.05, 3.63) is 35.4 Å². The Kier molecular flexibility index (Phi) is 9.97. The Morgan fingerprint density at radius 3 is 2.41 bits per heavy atom. The lowest BCUT2D eigenvalue weighted by atomic mass is 10.1. The fraction of sp³-hybridized carbons (Fsp3) is 0.579. The molecule has 1 fully saturated rings. The van der Waals surface area contributed by atoms with E-state index in [1.54, 1.807) is 4.90 Å². The molecule has 152 valence electrons. The summed E-state index contributed by atoms with van der Waals surface area (Å²) in [7, 11) is 0. The van der Waals surface area contributed by atoms with Crippen molar-refractivity contribution in [1.29, 1.82) is 0 Å². The summed E-state index contributed by atoms with van der Waals surface area (Å²) >= 11 is 0. The van der Waals surface area contributed by atoms with Crippen molar-refractivity contribution < 1.29 is 13.6 Å². The molecule has 0 aromatic heterocycles. The molecule has 0 aliphatic heterocycles. The number of hydrogen-bond acceptors (Lipinski definition) is 2. The highest BCUT2D eigenvalue weighted by atomic mass is 127. The lowest BCUT2D eigenvalue weighted by Gasteiger charge is -2.18. The first kappa shape index (κ1) is 23.6. The van der Waals surface area contributed by atoms with Crippen molar-refractivity contribution in [3.63, 3.8) is 0 Å². The minimum Gasteiger partial charge on any atom is -0.357 e. The van der Waals surface area contributed by atoms with Crippen LogP contribution < -0.4 is 10.6 Å². The number of halogens is 3. The van der Waals surface area contributed by atoms with Gasteiger partial charge in [0.25, 0.3) is 0 Å². The molecule has 0 radical (unpaired) electrons. The van der Waals surface area contributed by atoms with Gasteiger partial charge in [-0.2, -0.15) is 0 Å². The maximum atomic E-state index is 13.9. The molecule has 1 saturated carbocycles. The van der Waals surface area contributed by atoms with Gasteiger partial charge in [-0.3, -0.25) is 9.79 Å². The lowest BCUT2D eigenvalue weighted by Crippen LogP contribution is -2.39. The largest absolute Gasteiger partial charge is 0.357 e. The van der Waals surface area contributed by atoms with Gasteiger partial charge in [0.15, 0.2) is 5.96 Å². The second kappa shape index (κ2) is 11.4. The van der Waals surface area contributed by atoms with Gasteiger partial charge in [-0.1, -0.05) is 6.07 Å². The molecule has 1 amide bonds. The number of rotatable bonds is 8.